The Morgan fingerprint density at radius 3 is 2.16 bits per heavy atom. The molecule has 0 spiro atoms. The zero-order chi connectivity index (χ0) is 14.3. The molecule has 112 valence electrons. The van der Waals surface area contributed by atoms with Crippen molar-refractivity contribution in [3.63, 3.8) is 0 Å². The fraction of sp³-hybridized carbons (Fsp3) is 1.00. The fourth-order valence-corrected chi connectivity index (χ4v) is 4.74. The van der Waals surface area contributed by atoms with Crippen molar-refractivity contribution in [1.82, 2.24) is 9.80 Å². The summed E-state index contributed by atoms with van der Waals surface area (Å²) in [6, 6.07) is 1.27. The van der Waals surface area contributed by atoms with E-state index in [4.69, 9.17) is 5.73 Å². The Kier molecular flexibility index (Phi) is 4.29. The van der Waals surface area contributed by atoms with Gasteiger partial charge in [0.25, 0.3) is 0 Å². The molecule has 1 unspecified atom stereocenters. The number of nitrogens with zero attached hydrogens (tertiary/aromatic N) is 2. The summed E-state index contributed by atoms with van der Waals surface area (Å²) < 4.78 is 0. The highest BCUT2D eigenvalue weighted by Gasteiger charge is 2.42. The first-order valence-electron chi connectivity index (χ1n) is 7.87. The lowest BCUT2D eigenvalue weighted by molar-refractivity contribution is -0.0201. The van der Waals surface area contributed by atoms with Crippen molar-refractivity contribution >= 4 is 0 Å². The maximum absolute atomic E-state index is 6.03. The van der Waals surface area contributed by atoms with Gasteiger partial charge in [0.05, 0.1) is 0 Å². The van der Waals surface area contributed by atoms with Crippen molar-refractivity contribution in [3.05, 3.63) is 0 Å². The molecule has 0 radical (unpaired) electrons. The molecule has 2 N–H and O–H groups in total. The highest BCUT2D eigenvalue weighted by Crippen LogP contribution is 2.47. The van der Waals surface area contributed by atoms with E-state index in [0.29, 0.717) is 16.9 Å². The number of nitrogens with two attached hydrogens (primary N) is 1. The van der Waals surface area contributed by atoms with Gasteiger partial charge in [-0.15, -0.1) is 0 Å². The van der Waals surface area contributed by atoms with Gasteiger partial charge in [0.15, 0.2) is 0 Å². The van der Waals surface area contributed by atoms with E-state index in [1.165, 1.54) is 32.4 Å². The van der Waals surface area contributed by atoms with Gasteiger partial charge in [0, 0.05) is 38.3 Å². The smallest absolute Gasteiger partial charge is 0.0349 e. The lowest BCUT2D eigenvalue weighted by atomic mass is 9.63. The average Bonchev–Trinajstić information content (AvgIpc) is 2.24. The van der Waals surface area contributed by atoms with E-state index in [9.17, 15) is 0 Å². The molecule has 2 aliphatic rings. The lowest BCUT2D eigenvalue weighted by Crippen LogP contribution is -2.60. The van der Waals surface area contributed by atoms with Gasteiger partial charge in [0.1, 0.15) is 0 Å². The molecule has 3 nitrogen and oxygen atoms in total. The van der Waals surface area contributed by atoms with Crippen LogP contribution >= 0.6 is 0 Å². The summed E-state index contributed by atoms with van der Waals surface area (Å²) in [5.41, 5.74) is 6.96. The molecule has 1 aliphatic heterocycles. The van der Waals surface area contributed by atoms with E-state index >= 15 is 0 Å². The van der Waals surface area contributed by atoms with E-state index in [1.54, 1.807) is 0 Å². The maximum atomic E-state index is 6.03. The molecule has 1 atom stereocenters. The third kappa shape index (κ3) is 3.71. The average molecular weight is 267 g/mol. The van der Waals surface area contributed by atoms with E-state index < -0.39 is 0 Å². The van der Waals surface area contributed by atoms with Crippen LogP contribution in [0.3, 0.4) is 0 Å². The fourth-order valence-electron chi connectivity index (χ4n) is 4.74. The second kappa shape index (κ2) is 5.34. The van der Waals surface area contributed by atoms with Gasteiger partial charge >= 0.3 is 0 Å². The molecule has 0 aromatic rings. The second-order valence-corrected chi connectivity index (χ2v) is 8.46. The van der Waals surface area contributed by atoms with Crippen molar-refractivity contribution in [1.29, 1.82) is 0 Å². The number of rotatable bonds is 2. The van der Waals surface area contributed by atoms with Crippen LogP contribution < -0.4 is 5.73 Å². The molecule has 1 saturated heterocycles. The predicted octanol–water partition coefficient (Wildman–Crippen LogP) is 2.17. The Bertz CT molecular complexity index is 295. The molecule has 0 aromatic heterocycles. The SMILES string of the molecule is CN1CCN(C2CC(C)(C)CC(C)(C)C2)C(CN)C1. The Balaban J connectivity index is 2.11. The van der Waals surface area contributed by atoms with Crippen LogP contribution in [0.4, 0.5) is 0 Å². The predicted molar refractivity (Wildman–Crippen MR) is 82.2 cm³/mol. The molecule has 3 heteroatoms. The van der Waals surface area contributed by atoms with E-state index in [-0.39, 0.29) is 0 Å². The van der Waals surface area contributed by atoms with Crippen LogP contribution in [0.5, 0.6) is 0 Å². The number of hydrogen-bond donors (Lipinski definition) is 1. The second-order valence-electron chi connectivity index (χ2n) is 8.46. The normalized spacial score (nSPS) is 33.5. The van der Waals surface area contributed by atoms with Gasteiger partial charge in [0.2, 0.25) is 0 Å². The minimum atomic E-state index is 0.467. The topological polar surface area (TPSA) is 32.5 Å². The van der Waals surface area contributed by atoms with Crippen LogP contribution in [0.25, 0.3) is 0 Å². The summed E-state index contributed by atoms with van der Waals surface area (Å²) in [6.45, 7) is 14.1. The Morgan fingerprint density at radius 1 is 1.05 bits per heavy atom. The van der Waals surface area contributed by atoms with Crippen molar-refractivity contribution in [2.45, 2.75) is 59.0 Å². The molecular formula is C16H33N3. The standard InChI is InChI=1S/C16H33N3/c1-15(2)8-13(9-16(3,4)12-15)19-7-6-18(5)11-14(19)10-17/h13-14H,6-12,17H2,1-5H3. The highest BCUT2D eigenvalue weighted by molar-refractivity contribution is 4.96. The Labute approximate surface area is 119 Å². The van der Waals surface area contributed by atoms with Crippen LogP contribution in [-0.2, 0) is 0 Å². The third-order valence-electron chi connectivity index (χ3n) is 5.01. The highest BCUT2D eigenvalue weighted by atomic mass is 15.3. The molecule has 1 aliphatic carbocycles. The van der Waals surface area contributed by atoms with Crippen LogP contribution in [-0.4, -0.2) is 55.1 Å². The summed E-state index contributed by atoms with van der Waals surface area (Å²) in [5, 5.41) is 0. The quantitative estimate of drug-likeness (QED) is 0.832. The van der Waals surface area contributed by atoms with Crippen molar-refractivity contribution < 1.29 is 0 Å². The zero-order valence-electron chi connectivity index (χ0n) is 13.6. The summed E-state index contributed by atoms with van der Waals surface area (Å²) in [5.74, 6) is 0. The summed E-state index contributed by atoms with van der Waals surface area (Å²) in [6.07, 6.45) is 4.00. The van der Waals surface area contributed by atoms with Crippen molar-refractivity contribution in [2.75, 3.05) is 33.2 Å². The number of piperazine rings is 1. The molecule has 1 saturated carbocycles. The maximum Gasteiger partial charge on any atom is 0.0349 e. The molecule has 0 amide bonds. The lowest BCUT2D eigenvalue weighted by Gasteiger charge is -2.52. The molecule has 1 heterocycles. The molecule has 2 fully saturated rings. The molecule has 0 aromatic carbocycles. The van der Waals surface area contributed by atoms with Gasteiger partial charge in [-0.25, -0.2) is 0 Å². The van der Waals surface area contributed by atoms with Crippen molar-refractivity contribution in [2.24, 2.45) is 16.6 Å². The summed E-state index contributed by atoms with van der Waals surface area (Å²) in [4.78, 5) is 5.15. The first-order chi connectivity index (χ1) is 8.72. The monoisotopic (exact) mass is 267 g/mol. The Hall–Kier alpha value is -0.120. The van der Waals surface area contributed by atoms with Gasteiger partial charge < -0.3 is 10.6 Å². The molecule has 2 rings (SSSR count). The summed E-state index contributed by atoms with van der Waals surface area (Å²) in [7, 11) is 2.22. The van der Waals surface area contributed by atoms with E-state index in [2.05, 4.69) is 44.5 Å². The van der Waals surface area contributed by atoms with Crippen molar-refractivity contribution in [3.8, 4) is 0 Å². The Morgan fingerprint density at radius 2 is 1.63 bits per heavy atom. The van der Waals surface area contributed by atoms with Gasteiger partial charge in [-0.1, -0.05) is 27.7 Å². The minimum absolute atomic E-state index is 0.467. The first kappa shape index (κ1) is 15.3. The van der Waals surface area contributed by atoms with Gasteiger partial charge in [-0.2, -0.15) is 0 Å². The van der Waals surface area contributed by atoms with Crippen LogP contribution in [0.15, 0.2) is 0 Å². The molecule has 19 heavy (non-hydrogen) atoms. The van der Waals surface area contributed by atoms with Gasteiger partial charge in [-0.3, -0.25) is 4.90 Å². The molecular weight excluding hydrogens is 234 g/mol. The van der Waals surface area contributed by atoms with Gasteiger partial charge in [-0.05, 0) is 37.1 Å². The summed E-state index contributed by atoms with van der Waals surface area (Å²) >= 11 is 0. The van der Waals surface area contributed by atoms with E-state index in [1.807, 2.05) is 0 Å². The first-order valence-corrected chi connectivity index (χ1v) is 7.87. The number of likely N-dealkylation sites (N-methyl/N-ethyl adjacent to an activating group) is 1. The van der Waals surface area contributed by atoms with Crippen LogP contribution in [0.1, 0.15) is 47.0 Å². The van der Waals surface area contributed by atoms with Crippen LogP contribution in [0, 0.1) is 10.8 Å². The largest absolute Gasteiger partial charge is 0.329 e. The third-order valence-corrected chi connectivity index (χ3v) is 5.01. The van der Waals surface area contributed by atoms with E-state index in [0.717, 1.165) is 19.1 Å². The number of hydrogen-bond acceptors (Lipinski definition) is 3. The zero-order valence-corrected chi connectivity index (χ0v) is 13.6. The van der Waals surface area contributed by atoms with Crippen LogP contribution in [0.2, 0.25) is 0 Å². The molecule has 0 bridgehead atoms. The minimum Gasteiger partial charge on any atom is -0.329 e.